The van der Waals surface area contributed by atoms with Crippen LogP contribution in [0, 0.1) is 6.92 Å². The van der Waals surface area contributed by atoms with Gasteiger partial charge in [-0.2, -0.15) is 0 Å². The molecule has 2 spiro atoms. The quantitative estimate of drug-likeness (QED) is 0.740. The maximum atomic E-state index is 12.9. The number of benzene rings is 1. The average molecular weight is 301 g/mol. The summed E-state index contributed by atoms with van der Waals surface area (Å²) in [4.78, 5) is 27.3. The van der Waals surface area contributed by atoms with Crippen molar-refractivity contribution in [3.63, 3.8) is 0 Å². The number of amides is 2. The first kappa shape index (κ1) is 13.7. The number of rotatable bonds is 0. The molecule has 22 heavy (non-hydrogen) atoms. The van der Waals surface area contributed by atoms with E-state index in [1.54, 1.807) is 11.9 Å². The molecule has 1 unspecified atom stereocenters. The molecule has 2 saturated heterocycles. The number of carbonyl (C=O) groups is 2. The van der Waals surface area contributed by atoms with Crippen LogP contribution in [0.25, 0.3) is 0 Å². The Hall–Kier alpha value is -1.92. The summed E-state index contributed by atoms with van der Waals surface area (Å²) in [6.07, 6.45) is 1.18. The highest BCUT2D eigenvalue weighted by Crippen LogP contribution is 2.46. The molecule has 0 aliphatic carbocycles. The summed E-state index contributed by atoms with van der Waals surface area (Å²) >= 11 is 0. The van der Waals surface area contributed by atoms with Crippen LogP contribution in [-0.2, 0) is 20.0 Å². The summed E-state index contributed by atoms with van der Waals surface area (Å²) in [6.45, 7) is 3.02. The van der Waals surface area contributed by atoms with Gasteiger partial charge in [0, 0.05) is 25.8 Å². The van der Waals surface area contributed by atoms with Gasteiger partial charge in [-0.1, -0.05) is 18.2 Å². The number of hydrogen-bond donors (Lipinski definition) is 2. The second-order valence-corrected chi connectivity index (χ2v) is 6.35. The number of hydrogen-bond acceptors (Lipinski definition) is 4. The summed E-state index contributed by atoms with van der Waals surface area (Å²) < 4.78 is 5.39. The number of likely N-dealkylation sites (N-methyl/N-ethyl adjacent to an activating group) is 1. The van der Waals surface area contributed by atoms with Crippen LogP contribution in [0.3, 0.4) is 0 Å². The molecule has 6 heteroatoms. The summed E-state index contributed by atoms with van der Waals surface area (Å²) in [5, 5.41) is 6.34. The third-order valence-electron chi connectivity index (χ3n) is 5.21. The van der Waals surface area contributed by atoms with Crippen LogP contribution >= 0.6 is 0 Å². The first-order valence-electron chi connectivity index (χ1n) is 7.58. The van der Waals surface area contributed by atoms with Gasteiger partial charge in [0.15, 0.2) is 0 Å². The lowest BCUT2D eigenvalue weighted by molar-refractivity contribution is -0.139. The fourth-order valence-electron chi connectivity index (χ4n) is 3.93. The van der Waals surface area contributed by atoms with E-state index in [0.717, 1.165) is 16.8 Å². The number of aryl methyl sites for hydroxylation is 1. The Kier molecular flexibility index (Phi) is 2.68. The molecule has 3 aliphatic heterocycles. The second kappa shape index (κ2) is 4.30. The Bertz CT molecular complexity index is 681. The largest absolute Gasteiger partial charge is 0.381 e. The van der Waals surface area contributed by atoms with Crippen LogP contribution in [0.15, 0.2) is 18.2 Å². The third-order valence-corrected chi connectivity index (χ3v) is 5.21. The van der Waals surface area contributed by atoms with E-state index in [-0.39, 0.29) is 11.8 Å². The van der Waals surface area contributed by atoms with Crippen molar-refractivity contribution in [2.75, 3.05) is 25.6 Å². The number of nitrogens with one attached hydrogen (secondary N) is 2. The van der Waals surface area contributed by atoms with E-state index < -0.39 is 11.2 Å². The van der Waals surface area contributed by atoms with Crippen LogP contribution in [0.2, 0.25) is 0 Å². The highest BCUT2D eigenvalue weighted by molar-refractivity contribution is 6.10. The van der Waals surface area contributed by atoms with Gasteiger partial charge in [0.05, 0.1) is 5.69 Å². The minimum Gasteiger partial charge on any atom is -0.381 e. The van der Waals surface area contributed by atoms with E-state index in [1.807, 2.05) is 25.1 Å². The van der Waals surface area contributed by atoms with Crippen LogP contribution in [0.1, 0.15) is 24.0 Å². The summed E-state index contributed by atoms with van der Waals surface area (Å²) in [5.74, 6) is -0.212. The highest BCUT2D eigenvalue weighted by Gasteiger charge is 2.64. The maximum Gasteiger partial charge on any atom is 0.270 e. The molecule has 1 aromatic carbocycles. The topological polar surface area (TPSA) is 70.7 Å². The van der Waals surface area contributed by atoms with Gasteiger partial charge in [0.1, 0.15) is 5.54 Å². The molecular weight excluding hydrogens is 282 g/mol. The van der Waals surface area contributed by atoms with Gasteiger partial charge in [-0.15, -0.1) is 0 Å². The molecule has 3 heterocycles. The molecule has 1 atom stereocenters. The summed E-state index contributed by atoms with van der Waals surface area (Å²) in [7, 11) is 1.70. The molecule has 2 N–H and O–H groups in total. The smallest absolute Gasteiger partial charge is 0.270 e. The number of nitrogens with zero attached hydrogens (tertiary/aromatic N) is 1. The second-order valence-electron chi connectivity index (χ2n) is 6.35. The summed E-state index contributed by atoms with van der Waals surface area (Å²) in [6, 6.07) is 5.79. The van der Waals surface area contributed by atoms with Crippen molar-refractivity contribution >= 4 is 17.5 Å². The zero-order valence-electron chi connectivity index (χ0n) is 12.7. The van der Waals surface area contributed by atoms with Crippen molar-refractivity contribution in [1.29, 1.82) is 0 Å². The van der Waals surface area contributed by atoms with E-state index in [4.69, 9.17) is 4.74 Å². The maximum absolute atomic E-state index is 12.9. The van der Waals surface area contributed by atoms with Gasteiger partial charge in [0.25, 0.3) is 5.91 Å². The Morgan fingerprint density at radius 2 is 1.95 bits per heavy atom. The van der Waals surface area contributed by atoms with Crippen LogP contribution < -0.4 is 10.6 Å². The molecule has 0 radical (unpaired) electrons. The molecule has 2 amide bonds. The molecule has 1 aromatic rings. The number of fused-ring (bicyclic) bond motifs is 2. The van der Waals surface area contributed by atoms with Crippen molar-refractivity contribution in [1.82, 2.24) is 10.2 Å². The van der Waals surface area contributed by atoms with Crippen molar-refractivity contribution in [2.24, 2.45) is 0 Å². The SMILES string of the molecule is Cc1cccc2c1NC(=O)C21NC2(CCOCC2)C(=O)N1C. The molecule has 4 rings (SSSR count). The van der Waals surface area contributed by atoms with Crippen molar-refractivity contribution in [3.8, 4) is 0 Å². The number of carbonyl (C=O) groups excluding carboxylic acids is 2. The highest BCUT2D eigenvalue weighted by atomic mass is 16.5. The molecule has 0 bridgehead atoms. The standard InChI is InChI=1S/C16H19N3O3/c1-10-4-3-5-11-12(10)17-13(20)16(11)18-15(14(21)19(16)2)6-8-22-9-7-15/h3-5,18H,6-9H2,1-2H3,(H,17,20). The van der Waals surface area contributed by atoms with Crippen LogP contribution in [0.5, 0.6) is 0 Å². The Morgan fingerprint density at radius 1 is 1.23 bits per heavy atom. The lowest BCUT2D eigenvalue weighted by Gasteiger charge is -2.33. The van der Waals surface area contributed by atoms with Gasteiger partial charge >= 0.3 is 0 Å². The van der Waals surface area contributed by atoms with Crippen molar-refractivity contribution in [3.05, 3.63) is 29.3 Å². The molecular formula is C16H19N3O3. The van der Waals surface area contributed by atoms with Crippen molar-refractivity contribution < 1.29 is 14.3 Å². The van der Waals surface area contributed by atoms with Gasteiger partial charge in [-0.3, -0.25) is 14.9 Å². The minimum absolute atomic E-state index is 0.0275. The van der Waals surface area contributed by atoms with E-state index in [1.165, 1.54) is 0 Å². The van der Waals surface area contributed by atoms with Crippen LogP contribution in [-0.4, -0.2) is 42.5 Å². The van der Waals surface area contributed by atoms with E-state index in [0.29, 0.717) is 26.1 Å². The molecule has 2 fully saturated rings. The molecule has 0 aromatic heterocycles. The zero-order chi connectivity index (χ0) is 15.5. The van der Waals surface area contributed by atoms with Gasteiger partial charge in [-0.05, 0) is 25.3 Å². The number of anilines is 1. The molecule has 0 saturated carbocycles. The normalized spacial score (nSPS) is 29.3. The van der Waals surface area contributed by atoms with Crippen molar-refractivity contribution in [2.45, 2.75) is 31.0 Å². The lowest BCUT2D eigenvalue weighted by Crippen LogP contribution is -2.57. The Labute approximate surface area is 128 Å². The number of ether oxygens (including phenoxy) is 1. The molecule has 3 aliphatic rings. The van der Waals surface area contributed by atoms with Gasteiger partial charge < -0.3 is 15.0 Å². The Balaban J connectivity index is 1.87. The molecule has 116 valence electrons. The van der Waals surface area contributed by atoms with Crippen LogP contribution in [0.4, 0.5) is 5.69 Å². The number of para-hydroxylation sites is 1. The van der Waals surface area contributed by atoms with Gasteiger partial charge in [0.2, 0.25) is 11.6 Å². The zero-order valence-corrected chi connectivity index (χ0v) is 12.7. The Morgan fingerprint density at radius 3 is 2.68 bits per heavy atom. The minimum atomic E-state index is -1.10. The molecule has 6 nitrogen and oxygen atoms in total. The third kappa shape index (κ3) is 1.46. The predicted octanol–water partition coefficient (Wildman–Crippen LogP) is 0.711. The van der Waals surface area contributed by atoms with Gasteiger partial charge in [-0.25, -0.2) is 0 Å². The monoisotopic (exact) mass is 301 g/mol. The summed E-state index contributed by atoms with van der Waals surface area (Å²) in [5.41, 5.74) is 0.838. The predicted molar refractivity (Wildman–Crippen MR) is 80.2 cm³/mol. The average Bonchev–Trinajstić information content (AvgIpc) is 2.91. The first-order chi connectivity index (χ1) is 10.5. The van der Waals surface area contributed by atoms with E-state index in [2.05, 4.69) is 10.6 Å². The van der Waals surface area contributed by atoms with E-state index in [9.17, 15) is 9.59 Å². The lowest BCUT2D eigenvalue weighted by atomic mass is 9.89. The fourth-order valence-corrected chi connectivity index (χ4v) is 3.93. The first-order valence-corrected chi connectivity index (χ1v) is 7.58. The fraction of sp³-hybridized carbons (Fsp3) is 0.500. The van der Waals surface area contributed by atoms with E-state index >= 15 is 0 Å².